The normalized spacial score (nSPS) is 30.0. The monoisotopic (exact) mass is 258 g/mol. The van der Waals surface area contributed by atoms with Gasteiger partial charge in [0, 0.05) is 30.4 Å². The van der Waals surface area contributed by atoms with Crippen molar-refractivity contribution in [3.05, 3.63) is 17.6 Å². The Morgan fingerprint density at radius 1 is 1.11 bits per heavy atom. The molecule has 3 heterocycles. The van der Waals surface area contributed by atoms with E-state index in [9.17, 15) is 0 Å². The van der Waals surface area contributed by atoms with Gasteiger partial charge in [0.1, 0.15) is 12.1 Å². The quantitative estimate of drug-likeness (QED) is 0.829. The molecule has 0 bridgehead atoms. The van der Waals surface area contributed by atoms with Crippen molar-refractivity contribution in [3.8, 4) is 0 Å². The minimum absolute atomic E-state index is 0.683. The Balaban J connectivity index is 1.62. The molecule has 0 spiro atoms. The summed E-state index contributed by atoms with van der Waals surface area (Å²) < 4.78 is 0. The lowest BCUT2D eigenvalue weighted by Crippen LogP contribution is -2.40. The lowest BCUT2D eigenvalue weighted by atomic mass is 9.94. The van der Waals surface area contributed by atoms with Gasteiger partial charge in [-0.1, -0.05) is 0 Å². The largest absolute Gasteiger partial charge is 0.354 e. The average molecular weight is 258 g/mol. The summed E-state index contributed by atoms with van der Waals surface area (Å²) in [5.41, 5.74) is 2.74. The maximum atomic E-state index is 4.62. The van der Waals surface area contributed by atoms with E-state index in [1.165, 1.54) is 62.3 Å². The van der Waals surface area contributed by atoms with Crippen LogP contribution in [-0.2, 0) is 12.8 Å². The Kier molecular flexibility index (Phi) is 2.91. The van der Waals surface area contributed by atoms with Crippen LogP contribution in [0.25, 0.3) is 0 Å². The van der Waals surface area contributed by atoms with Crippen molar-refractivity contribution >= 4 is 5.82 Å². The van der Waals surface area contributed by atoms with E-state index in [4.69, 9.17) is 0 Å². The summed E-state index contributed by atoms with van der Waals surface area (Å²) in [5.74, 6) is 2.06. The summed E-state index contributed by atoms with van der Waals surface area (Å²) in [5, 5.41) is 3.68. The fraction of sp³-hybridized carbons (Fsp3) is 0.733. The number of nitrogens with zero attached hydrogens (tertiary/aromatic N) is 3. The molecule has 0 saturated carbocycles. The Bertz CT molecular complexity index is 459. The lowest BCUT2D eigenvalue weighted by Gasteiger charge is -2.24. The zero-order chi connectivity index (χ0) is 12.7. The second-order valence-corrected chi connectivity index (χ2v) is 6.20. The molecule has 102 valence electrons. The van der Waals surface area contributed by atoms with Crippen LogP contribution in [0.2, 0.25) is 0 Å². The van der Waals surface area contributed by atoms with Crippen molar-refractivity contribution in [2.24, 2.45) is 5.92 Å². The van der Waals surface area contributed by atoms with Crippen molar-refractivity contribution in [2.45, 2.75) is 44.6 Å². The minimum atomic E-state index is 0.683. The molecule has 19 heavy (non-hydrogen) atoms. The number of piperidine rings is 1. The number of rotatable bonds is 1. The number of aromatic nitrogens is 2. The van der Waals surface area contributed by atoms with Crippen LogP contribution in [-0.4, -0.2) is 35.6 Å². The highest BCUT2D eigenvalue weighted by Gasteiger charge is 2.36. The second-order valence-electron chi connectivity index (χ2n) is 6.20. The molecule has 0 radical (unpaired) electrons. The van der Waals surface area contributed by atoms with Crippen molar-refractivity contribution in [2.75, 3.05) is 24.5 Å². The van der Waals surface area contributed by atoms with E-state index < -0.39 is 0 Å². The lowest BCUT2D eigenvalue weighted by molar-refractivity contribution is 0.340. The molecule has 0 aromatic carbocycles. The molecule has 4 heteroatoms. The van der Waals surface area contributed by atoms with E-state index in [1.54, 1.807) is 6.33 Å². The van der Waals surface area contributed by atoms with Gasteiger partial charge in [-0.2, -0.15) is 0 Å². The van der Waals surface area contributed by atoms with Crippen molar-refractivity contribution < 1.29 is 0 Å². The van der Waals surface area contributed by atoms with Gasteiger partial charge in [0.05, 0.1) is 0 Å². The molecule has 3 aliphatic rings. The zero-order valence-electron chi connectivity index (χ0n) is 11.4. The van der Waals surface area contributed by atoms with E-state index >= 15 is 0 Å². The number of nitrogens with one attached hydrogen (secondary N) is 1. The Hall–Kier alpha value is -1.16. The van der Waals surface area contributed by atoms with Crippen LogP contribution in [0, 0.1) is 5.92 Å². The van der Waals surface area contributed by atoms with Gasteiger partial charge < -0.3 is 10.2 Å². The molecule has 1 aliphatic carbocycles. The van der Waals surface area contributed by atoms with Crippen LogP contribution in [0.3, 0.4) is 0 Å². The topological polar surface area (TPSA) is 41.1 Å². The molecule has 2 fully saturated rings. The molecule has 1 N–H and O–H groups in total. The van der Waals surface area contributed by atoms with E-state index in [0.29, 0.717) is 6.04 Å². The van der Waals surface area contributed by atoms with Gasteiger partial charge in [-0.15, -0.1) is 0 Å². The third-order valence-corrected chi connectivity index (χ3v) is 5.00. The number of fused-ring (bicyclic) bond motifs is 2. The molecule has 4 nitrogen and oxygen atoms in total. The fourth-order valence-corrected chi connectivity index (χ4v) is 4.00. The Labute approximate surface area is 114 Å². The summed E-state index contributed by atoms with van der Waals surface area (Å²) in [7, 11) is 0. The average Bonchev–Trinajstić information content (AvgIpc) is 2.90. The first-order valence-electron chi connectivity index (χ1n) is 7.73. The van der Waals surface area contributed by atoms with Gasteiger partial charge in [0.15, 0.2) is 0 Å². The number of hydrogen-bond acceptors (Lipinski definition) is 4. The van der Waals surface area contributed by atoms with Crippen molar-refractivity contribution in [3.63, 3.8) is 0 Å². The SMILES string of the molecule is c1nc2c(c(N3C[C@@H]4CCCN[C@@H]4C3)n1)CCCC2. The van der Waals surface area contributed by atoms with Crippen LogP contribution in [0.5, 0.6) is 0 Å². The summed E-state index contributed by atoms with van der Waals surface area (Å²) in [4.78, 5) is 11.6. The summed E-state index contributed by atoms with van der Waals surface area (Å²) in [6, 6.07) is 0.683. The van der Waals surface area contributed by atoms with Gasteiger partial charge >= 0.3 is 0 Å². The van der Waals surface area contributed by atoms with Crippen molar-refractivity contribution in [1.82, 2.24) is 15.3 Å². The molecular weight excluding hydrogens is 236 g/mol. The molecule has 0 amide bonds. The van der Waals surface area contributed by atoms with E-state index in [-0.39, 0.29) is 0 Å². The molecule has 1 aromatic rings. The first-order chi connectivity index (χ1) is 9.42. The third kappa shape index (κ3) is 2.02. The third-order valence-electron chi connectivity index (χ3n) is 5.00. The zero-order valence-corrected chi connectivity index (χ0v) is 11.4. The predicted octanol–water partition coefficient (Wildman–Crippen LogP) is 1.54. The summed E-state index contributed by atoms with van der Waals surface area (Å²) in [6.45, 7) is 3.51. The molecule has 2 aliphatic heterocycles. The number of anilines is 1. The molecule has 1 aromatic heterocycles. The summed E-state index contributed by atoms with van der Waals surface area (Å²) >= 11 is 0. The Morgan fingerprint density at radius 3 is 3.00 bits per heavy atom. The van der Waals surface area contributed by atoms with Gasteiger partial charge in [0.2, 0.25) is 0 Å². The van der Waals surface area contributed by atoms with Gasteiger partial charge in [-0.05, 0) is 51.0 Å². The van der Waals surface area contributed by atoms with Crippen LogP contribution in [0.4, 0.5) is 5.82 Å². The Morgan fingerprint density at radius 2 is 2.05 bits per heavy atom. The highest BCUT2D eigenvalue weighted by molar-refractivity contribution is 5.51. The first kappa shape index (κ1) is 11.6. The maximum Gasteiger partial charge on any atom is 0.135 e. The molecule has 4 rings (SSSR count). The maximum absolute atomic E-state index is 4.62. The van der Waals surface area contributed by atoms with E-state index in [1.807, 2.05) is 0 Å². The molecular formula is C15H22N4. The highest BCUT2D eigenvalue weighted by atomic mass is 15.2. The fourth-order valence-electron chi connectivity index (χ4n) is 4.00. The number of hydrogen-bond donors (Lipinski definition) is 1. The standard InChI is InChI=1S/C15H22N4/c1-2-6-13-12(5-1)15(18-10-17-13)19-8-11-4-3-7-16-14(11)9-19/h10-11,14,16H,1-9H2/t11-,14+/m0/s1. The van der Waals surface area contributed by atoms with Gasteiger partial charge in [-0.3, -0.25) is 0 Å². The number of aryl methyl sites for hydroxylation is 1. The van der Waals surface area contributed by atoms with E-state index in [2.05, 4.69) is 20.2 Å². The minimum Gasteiger partial charge on any atom is -0.354 e. The molecule has 2 saturated heterocycles. The highest BCUT2D eigenvalue weighted by Crippen LogP contribution is 2.32. The molecule has 0 unspecified atom stereocenters. The second kappa shape index (κ2) is 4.75. The van der Waals surface area contributed by atoms with Crippen LogP contribution in [0.1, 0.15) is 36.9 Å². The summed E-state index contributed by atoms with van der Waals surface area (Å²) in [6.07, 6.45) is 9.38. The molecule has 2 atom stereocenters. The first-order valence-corrected chi connectivity index (χ1v) is 7.73. The van der Waals surface area contributed by atoms with Crippen molar-refractivity contribution in [1.29, 1.82) is 0 Å². The van der Waals surface area contributed by atoms with Gasteiger partial charge in [-0.25, -0.2) is 9.97 Å². The van der Waals surface area contributed by atoms with Crippen LogP contribution < -0.4 is 10.2 Å². The van der Waals surface area contributed by atoms with Crippen LogP contribution >= 0.6 is 0 Å². The van der Waals surface area contributed by atoms with E-state index in [0.717, 1.165) is 18.9 Å². The van der Waals surface area contributed by atoms with Crippen LogP contribution in [0.15, 0.2) is 6.33 Å². The predicted molar refractivity (Wildman–Crippen MR) is 75.4 cm³/mol. The van der Waals surface area contributed by atoms with Gasteiger partial charge in [0.25, 0.3) is 0 Å². The smallest absolute Gasteiger partial charge is 0.135 e.